The third-order valence-electron chi connectivity index (χ3n) is 5.01. The topological polar surface area (TPSA) is 68.0 Å². The first kappa shape index (κ1) is 22.9. The monoisotopic (exact) mass is 441 g/mol. The van der Waals surface area contributed by atoms with Crippen molar-refractivity contribution in [3.05, 3.63) is 79.0 Å². The van der Waals surface area contributed by atoms with Gasteiger partial charge in [-0.05, 0) is 48.0 Å². The zero-order chi connectivity index (χ0) is 22.1. The van der Waals surface area contributed by atoms with E-state index in [1.807, 2.05) is 12.1 Å². The second-order valence-electron chi connectivity index (χ2n) is 7.37. The molecule has 162 valence electrons. The summed E-state index contributed by atoms with van der Waals surface area (Å²) in [6, 6.07) is 24.0. The van der Waals surface area contributed by atoms with Gasteiger partial charge in [-0.2, -0.15) is 0 Å². The number of nitrogens with one attached hydrogen (secondary N) is 1. The summed E-state index contributed by atoms with van der Waals surface area (Å²) in [5, 5.41) is 8.57. The number of nitrogens with zero attached hydrogens (tertiary/aromatic N) is 1. The van der Waals surface area contributed by atoms with Crippen LogP contribution in [0.15, 0.2) is 84.0 Å². The lowest BCUT2D eigenvalue weighted by Gasteiger charge is -2.27. The Balaban J connectivity index is 0.000000194. The van der Waals surface area contributed by atoms with Crippen LogP contribution in [0.2, 0.25) is 0 Å². The lowest BCUT2D eigenvalue weighted by atomic mass is 9.86. The van der Waals surface area contributed by atoms with Gasteiger partial charge in [-0.15, -0.1) is 0 Å². The van der Waals surface area contributed by atoms with Crippen LogP contribution in [0.25, 0.3) is 11.1 Å². The van der Waals surface area contributed by atoms with Crippen molar-refractivity contribution < 1.29 is 13.6 Å². The van der Waals surface area contributed by atoms with Crippen molar-refractivity contribution in [1.29, 1.82) is 0 Å². The Hall–Kier alpha value is -2.77. The molecule has 4 rings (SSSR count). The SMILES string of the molecule is NSc1cc(NC(=O)[C@H]2CCCC(F)(F)C2)ccn1.c1ccc(-c2ccccc2)cc1. The Morgan fingerprint density at radius 3 is 2.19 bits per heavy atom. The van der Waals surface area contributed by atoms with Gasteiger partial charge >= 0.3 is 0 Å². The van der Waals surface area contributed by atoms with Gasteiger partial charge in [-0.3, -0.25) is 9.93 Å². The van der Waals surface area contributed by atoms with Crippen molar-refractivity contribution >= 4 is 23.5 Å². The molecular weight excluding hydrogens is 416 g/mol. The molecule has 31 heavy (non-hydrogen) atoms. The summed E-state index contributed by atoms with van der Waals surface area (Å²) in [5.41, 5.74) is 3.08. The number of nitrogens with two attached hydrogens (primary N) is 1. The van der Waals surface area contributed by atoms with E-state index in [0.29, 0.717) is 23.6 Å². The van der Waals surface area contributed by atoms with Crippen LogP contribution in [-0.2, 0) is 4.79 Å². The molecule has 0 radical (unpaired) electrons. The fourth-order valence-electron chi connectivity index (χ4n) is 3.45. The largest absolute Gasteiger partial charge is 0.326 e. The fraction of sp³-hybridized carbons (Fsp3) is 0.250. The Kier molecular flexibility index (Phi) is 8.14. The average molecular weight is 442 g/mol. The molecule has 1 aliphatic carbocycles. The first-order valence-corrected chi connectivity index (χ1v) is 11.0. The predicted molar refractivity (Wildman–Crippen MR) is 122 cm³/mol. The zero-order valence-electron chi connectivity index (χ0n) is 17.0. The van der Waals surface area contributed by atoms with Crippen molar-refractivity contribution in [2.45, 2.75) is 36.6 Å². The molecule has 0 saturated heterocycles. The highest BCUT2D eigenvalue weighted by Gasteiger charge is 2.39. The lowest BCUT2D eigenvalue weighted by molar-refractivity contribution is -0.127. The van der Waals surface area contributed by atoms with Crippen molar-refractivity contribution in [2.24, 2.45) is 11.1 Å². The highest BCUT2D eigenvalue weighted by molar-refractivity contribution is 7.97. The quantitative estimate of drug-likeness (QED) is 0.476. The summed E-state index contributed by atoms with van der Waals surface area (Å²) in [6.45, 7) is 0. The predicted octanol–water partition coefficient (Wildman–Crippen LogP) is 6.17. The normalized spacial score (nSPS) is 17.2. The number of pyridine rings is 1. The number of hydrogen-bond acceptors (Lipinski definition) is 4. The smallest absolute Gasteiger partial charge is 0.248 e. The van der Waals surface area contributed by atoms with Crippen LogP contribution in [0, 0.1) is 5.92 Å². The molecule has 1 fully saturated rings. The molecular formula is C24H25F2N3OS. The maximum Gasteiger partial charge on any atom is 0.248 e. The molecule has 1 heterocycles. The number of rotatable bonds is 4. The van der Waals surface area contributed by atoms with Gasteiger partial charge in [-0.1, -0.05) is 60.7 Å². The van der Waals surface area contributed by atoms with Crippen LogP contribution in [0.4, 0.5) is 14.5 Å². The lowest BCUT2D eigenvalue weighted by Crippen LogP contribution is -2.33. The minimum Gasteiger partial charge on any atom is -0.326 e. The molecule has 1 amide bonds. The number of amides is 1. The van der Waals surface area contributed by atoms with E-state index < -0.39 is 11.8 Å². The molecule has 4 nitrogen and oxygen atoms in total. The number of carbonyl (C=O) groups excluding carboxylic acids is 1. The molecule has 3 N–H and O–H groups in total. The molecule has 7 heteroatoms. The number of benzene rings is 2. The third-order valence-corrected chi connectivity index (χ3v) is 5.48. The number of hydrogen-bond donors (Lipinski definition) is 2. The summed E-state index contributed by atoms with van der Waals surface area (Å²) >= 11 is 0.963. The summed E-state index contributed by atoms with van der Waals surface area (Å²) in [4.78, 5) is 15.9. The fourth-order valence-corrected chi connectivity index (χ4v) is 3.77. The number of carbonyl (C=O) groups is 1. The second-order valence-corrected chi connectivity index (χ2v) is 8.03. The van der Waals surface area contributed by atoms with Gasteiger partial charge < -0.3 is 5.32 Å². The minimum absolute atomic E-state index is 0.125. The summed E-state index contributed by atoms with van der Waals surface area (Å²) in [5.74, 6) is -3.72. The van der Waals surface area contributed by atoms with Gasteiger partial charge in [0.1, 0.15) is 5.03 Å². The van der Waals surface area contributed by atoms with Crippen molar-refractivity contribution in [1.82, 2.24) is 4.98 Å². The van der Waals surface area contributed by atoms with Crippen LogP contribution >= 0.6 is 11.9 Å². The molecule has 1 saturated carbocycles. The third kappa shape index (κ3) is 7.15. The molecule has 1 aliphatic rings. The number of halogens is 2. The van der Waals surface area contributed by atoms with Crippen molar-refractivity contribution in [2.75, 3.05) is 5.32 Å². The van der Waals surface area contributed by atoms with E-state index in [4.69, 9.17) is 5.14 Å². The van der Waals surface area contributed by atoms with Crippen molar-refractivity contribution in [3.63, 3.8) is 0 Å². The van der Waals surface area contributed by atoms with E-state index in [2.05, 4.69) is 58.8 Å². The second kappa shape index (κ2) is 11.0. The summed E-state index contributed by atoms with van der Waals surface area (Å²) in [7, 11) is 0. The van der Waals surface area contributed by atoms with E-state index in [9.17, 15) is 13.6 Å². The Labute approximate surface area is 185 Å². The average Bonchev–Trinajstić information content (AvgIpc) is 2.80. The molecule has 3 aromatic rings. The van der Waals surface area contributed by atoms with Crippen LogP contribution in [0.3, 0.4) is 0 Å². The van der Waals surface area contributed by atoms with E-state index >= 15 is 0 Å². The number of anilines is 1. The van der Waals surface area contributed by atoms with E-state index in [-0.39, 0.29) is 18.7 Å². The van der Waals surface area contributed by atoms with E-state index in [0.717, 1.165) is 11.9 Å². The molecule has 2 aromatic carbocycles. The van der Waals surface area contributed by atoms with Crippen LogP contribution < -0.4 is 10.5 Å². The van der Waals surface area contributed by atoms with Gasteiger partial charge in [-0.25, -0.2) is 13.8 Å². The first-order valence-electron chi connectivity index (χ1n) is 10.1. The Bertz CT molecular complexity index is 933. The molecule has 1 aromatic heterocycles. The van der Waals surface area contributed by atoms with Gasteiger partial charge in [0, 0.05) is 30.6 Å². The van der Waals surface area contributed by atoms with E-state index in [1.54, 1.807) is 12.1 Å². The standard InChI is InChI=1S/C12H15F2N3OS.C12H10/c13-12(14)4-1-2-8(7-12)11(18)17-9-3-5-16-10(6-9)19-15;1-3-7-11(8-4-1)12-9-5-2-6-10-12/h3,5-6,8H,1-2,4,7,15H2,(H,16,17,18);1-10H/t8-;/m0./s1. The van der Waals surface area contributed by atoms with Gasteiger partial charge in [0.25, 0.3) is 0 Å². The maximum atomic E-state index is 13.3. The highest BCUT2D eigenvalue weighted by Crippen LogP contribution is 2.37. The van der Waals surface area contributed by atoms with Gasteiger partial charge in [0.15, 0.2) is 0 Å². The van der Waals surface area contributed by atoms with Crippen LogP contribution in [0.1, 0.15) is 25.7 Å². The van der Waals surface area contributed by atoms with Crippen molar-refractivity contribution in [3.8, 4) is 11.1 Å². The maximum absolute atomic E-state index is 13.3. The summed E-state index contributed by atoms with van der Waals surface area (Å²) < 4.78 is 26.5. The van der Waals surface area contributed by atoms with Gasteiger partial charge in [0.2, 0.25) is 11.8 Å². The van der Waals surface area contributed by atoms with Crippen LogP contribution in [0.5, 0.6) is 0 Å². The zero-order valence-corrected chi connectivity index (χ0v) is 17.8. The Morgan fingerprint density at radius 1 is 1.03 bits per heavy atom. The molecule has 0 bridgehead atoms. The van der Waals surface area contributed by atoms with Crippen LogP contribution in [-0.4, -0.2) is 16.8 Å². The van der Waals surface area contributed by atoms with Gasteiger partial charge in [0.05, 0.1) is 0 Å². The van der Waals surface area contributed by atoms with E-state index in [1.165, 1.54) is 17.3 Å². The summed E-state index contributed by atoms with van der Waals surface area (Å²) in [6.07, 6.45) is 1.90. The first-order chi connectivity index (χ1) is 15.0. The highest BCUT2D eigenvalue weighted by atomic mass is 32.2. The Morgan fingerprint density at radius 2 is 1.65 bits per heavy atom. The number of aromatic nitrogens is 1. The molecule has 1 atom stereocenters. The molecule has 0 spiro atoms. The number of alkyl halides is 2. The molecule has 0 unspecified atom stereocenters. The molecule has 0 aliphatic heterocycles. The minimum atomic E-state index is -2.73.